The van der Waals surface area contributed by atoms with Crippen molar-refractivity contribution in [2.45, 2.75) is 24.5 Å². The molecule has 0 amide bonds. The van der Waals surface area contributed by atoms with Crippen molar-refractivity contribution in [2.75, 3.05) is 17.7 Å². The van der Waals surface area contributed by atoms with Crippen molar-refractivity contribution in [3.05, 3.63) is 12.7 Å². The Morgan fingerprint density at radius 3 is 2.90 bits per heavy atom. The molecular formula is C11H15N5O3S. The molecule has 1 fully saturated rings. The van der Waals surface area contributed by atoms with Crippen LogP contribution in [0.5, 0.6) is 0 Å². The van der Waals surface area contributed by atoms with Gasteiger partial charge in [-0.2, -0.15) is 11.8 Å². The molecule has 0 radical (unpaired) electrons. The summed E-state index contributed by atoms with van der Waals surface area (Å²) in [7, 11) is 0. The number of nitrogen functional groups attached to an aromatic ring is 1. The molecule has 3 heterocycles. The predicted molar refractivity (Wildman–Crippen MR) is 74.0 cm³/mol. The molecule has 9 heteroatoms. The molecule has 2 aromatic heterocycles. The number of aliphatic hydroxyl groups excluding tert-OH is 2. The van der Waals surface area contributed by atoms with E-state index in [1.165, 1.54) is 12.7 Å². The van der Waals surface area contributed by atoms with Gasteiger partial charge >= 0.3 is 0 Å². The van der Waals surface area contributed by atoms with Crippen molar-refractivity contribution in [2.24, 2.45) is 0 Å². The van der Waals surface area contributed by atoms with Crippen LogP contribution in [0, 0.1) is 0 Å². The zero-order chi connectivity index (χ0) is 14.3. The summed E-state index contributed by atoms with van der Waals surface area (Å²) in [6.45, 7) is 0. The van der Waals surface area contributed by atoms with Gasteiger partial charge < -0.3 is 20.7 Å². The second-order valence-corrected chi connectivity index (χ2v) is 5.50. The van der Waals surface area contributed by atoms with Gasteiger partial charge in [-0.1, -0.05) is 0 Å². The van der Waals surface area contributed by atoms with Crippen LogP contribution in [0.4, 0.5) is 5.82 Å². The van der Waals surface area contributed by atoms with E-state index in [1.54, 1.807) is 16.3 Å². The molecule has 1 aliphatic heterocycles. The molecular weight excluding hydrogens is 282 g/mol. The summed E-state index contributed by atoms with van der Waals surface area (Å²) in [4.78, 5) is 12.1. The fourth-order valence-corrected chi connectivity index (χ4v) is 2.92. The van der Waals surface area contributed by atoms with E-state index in [2.05, 4.69) is 15.0 Å². The molecule has 0 aromatic carbocycles. The molecule has 20 heavy (non-hydrogen) atoms. The predicted octanol–water partition coefficient (Wildman–Crippen LogP) is -0.609. The number of fused-ring (bicyclic) bond motifs is 1. The first-order valence-electron chi connectivity index (χ1n) is 6.07. The maximum atomic E-state index is 10.1. The molecule has 0 aliphatic carbocycles. The quantitative estimate of drug-likeness (QED) is 0.686. The minimum Gasteiger partial charge on any atom is -0.387 e. The monoisotopic (exact) mass is 297 g/mol. The van der Waals surface area contributed by atoms with Gasteiger partial charge in [-0.05, 0) is 6.26 Å². The minimum atomic E-state index is -1.04. The van der Waals surface area contributed by atoms with Crippen molar-refractivity contribution < 1.29 is 14.9 Å². The highest BCUT2D eigenvalue weighted by molar-refractivity contribution is 7.98. The number of thioether (sulfide) groups is 1. The average molecular weight is 297 g/mol. The van der Waals surface area contributed by atoms with Crippen molar-refractivity contribution in [1.82, 2.24) is 19.5 Å². The number of hydrogen-bond donors (Lipinski definition) is 3. The lowest BCUT2D eigenvalue weighted by molar-refractivity contribution is -0.0288. The molecule has 1 saturated heterocycles. The van der Waals surface area contributed by atoms with Crippen LogP contribution in [0.1, 0.15) is 6.23 Å². The highest BCUT2D eigenvalue weighted by Crippen LogP contribution is 2.32. The molecule has 3 rings (SSSR count). The minimum absolute atomic E-state index is 0.266. The van der Waals surface area contributed by atoms with E-state index in [0.717, 1.165) is 0 Å². The number of imidazole rings is 1. The van der Waals surface area contributed by atoms with Crippen LogP contribution in [0.15, 0.2) is 12.7 Å². The van der Waals surface area contributed by atoms with Gasteiger partial charge in [0.2, 0.25) is 0 Å². The van der Waals surface area contributed by atoms with Gasteiger partial charge in [-0.25, -0.2) is 15.0 Å². The topological polar surface area (TPSA) is 119 Å². The van der Waals surface area contributed by atoms with Gasteiger partial charge in [-0.15, -0.1) is 0 Å². The summed E-state index contributed by atoms with van der Waals surface area (Å²) >= 11 is 1.54. The summed E-state index contributed by atoms with van der Waals surface area (Å²) < 4.78 is 7.29. The summed E-state index contributed by atoms with van der Waals surface area (Å²) in [5, 5.41) is 20.2. The smallest absolute Gasteiger partial charge is 0.167 e. The molecule has 0 saturated carbocycles. The highest BCUT2D eigenvalue weighted by atomic mass is 32.2. The Bertz CT molecular complexity index is 621. The fraction of sp³-hybridized carbons (Fsp3) is 0.545. The maximum Gasteiger partial charge on any atom is 0.167 e. The Labute approximate surface area is 119 Å². The number of nitrogens with two attached hydrogens (primary N) is 1. The van der Waals surface area contributed by atoms with E-state index in [-0.39, 0.29) is 5.82 Å². The van der Waals surface area contributed by atoms with Crippen LogP contribution in [0.25, 0.3) is 11.2 Å². The first-order valence-corrected chi connectivity index (χ1v) is 7.46. The van der Waals surface area contributed by atoms with Crippen molar-refractivity contribution in [1.29, 1.82) is 0 Å². The van der Waals surface area contributed by atoms with E-state index in [0.29, 0.717) is 16.9 Å². The van der Waals surface area contributed by atoms with Crippen molar-refractivity contribution >= 4 is 28.7 Å². The number of hydrogen-bond acceptors (Lipinski definition) is 8. The third-order valence-corrected chi connectivity index (χ3v) is 3.99. The third-order valence-electron chi connectivity index (χ3n) is 3.33. The first kappa shape index (κ1) is 13.6. The van der Waals surface area contributed by atoms with E-state index in [4.69, 9.17) is 10.5 Å². The summed E-state index contributed by atoms with van der Waals surface area (Å²) in [6, 6.07) is 0. The van der Waals surface area contributed by atoms with Gasteiger partial charge in [0.15, 0.2) is 17.7 Å². The van der Waals surface area contributed by atoms with Crippen LogP contribution in [0.3, 0.4) is 0 Å². The molecule has 4 N–H and O–H groups in total. The van der Waals surface area contributed by atoms with Crippen LogP contribution < -0.4 is 5.73 Å². The lowest BCUT2D eigenvalue weighted by atomic mass is 10.1. The zero-order valence-corrected chi connectivity index (χ0v) is 11.6. The van der Waals surface area contributed by atoms with Gasteiger partial charge in [0.05, 0.1) is 12.4 Å². The number of anilines is 1. The second-order valence-electron chi connectivity index (χ2n) is 4.58. The molecule has 4 atom stereocenters. The van der Waals surface area contributed by atoms with Gasteiger partial charge in [0, 0.05) is 5.75 Å². The fourth-order valence-electron chi connectivity index (χ4n) is 2.32. The number of nitrogens with zero attached hydrogens (tertiary/aromatic N) is 4. The SMILES string of the molecule is CSCC1OC(n2cnc3c(N)ncnc32)C(O)[C@H]1O. The Morgan fingerprint density at radius 1 is 1.35 bits per heavy atom. The van der Waals surface area contributed by atoms with Crippen molar-refractivity contribution in [3.63, 3.8) is 0 Å². The maximum absolute atomic E-state index is 10.1. The zero-order valence-electron chi connectivity index (χ0n) is 10.7. The highest BCUT2D eigenvalue weighted by Gasteiger charge is 2.43. The molecule has 3 unspecified atom stereocenters. The van der Waals surface area contributed by atoms with Gasteiger partial charge in [-0.3, -0.25) is 4.57 Å². The largest absolute Gasteiger partial charge is 0.387 e. The van der Waals surface area contributed by atoms with E-state index < -0.39 is 24.5 Å². The van der Waals surface area contributed by atoms with Crippen LogP contribution in [-0.2, 0) is 4.74 Å². The Morgan fingerprint density at radius 2 is 2.15 bits per heavy atom. The first-order chi connectivity index (χ1) is 9.63. The van der Waals surface area contributed by atoms with Crippen LogP contribution in [-0.4, -0.2) is 60.1 Å². The van der Waals surface area contributed by atoms with Crippen LogP contribution in [0.2, 0.25) is 0 Å². The Hall–Kier alpha value is -1.42. The second kappa shape index (κ2) is 5.17. The van der Waals surface area contributed by atoms with Crippen molar-refractivity contribution in [3.8, 4) is 0 Å². The summed E-state index contributed by atoms with van der Waals surface area (Å²) in [5.74, 6) is 0.862. The van der Waals surface area contributed by atoms with Crippen LogP contribution >= 0.6 is 11.8 Å². The number of rotatable bonds is 3. The van der Waals surface area contributed by atoms with E-state index >= 15 is 0 Å². The number of aromatic nitrogens is 4. The van der Waals surface area contributed by atoms with Gasteiger partial charge in [0.25, 0.3) is 0 Å². The molecule has 8 nitrogen and oxygen atoms in total. The number of aliphatic hydroxyl groups is 2. The molecule has 0 bridgehead atoms. The lowest BCUT2D eigenvalue weighted by Crippen LogP contribution is -2.32. The van der Waals surface area contributed by atoms with E-state index in [1.807, 2.05) is 6.26 Å². The standard InChI is InChI=1S/C11H15N5O3S/c1-20-2-5-7(17)8(18)11(19-5)16-4-15-6-9(12)13-3-14-10(6)16/h3-5,7-8,11,17-18H,2H2,1H3,(H2,12,13,14)/t5?,7-,8?,11?/m0/s1. The normalized spacial score (nSPS) is 30.1. The summed E-state index contributed by atoms with van der Waals surface area (Å²) in [6.07, 6.45) is 1.58. The molecule has 2 aromatic rings. The van der Waals surface area contributed by atoms with E-state index in [9.17, 15) is 10.2 Å². The number of ether oxygens (including phenoxy) is 1. The Balaban J connectivity index is 1.97. The molecule has 0 spiro atoms. The summed E-state index contributed by atoms with van der Waals surface area (Å²) in [5.41, 5.74) is 6.64. The average Bonchev–Trinajstić information content (AvgIpc) is 2.97. The third kappa shape index (κ3) is 2.03. The Kier molecular flexibility index (Phi) is 3.50. The molecule has 108 valence electrons. The molecule has 1 aliphatic rings. The lowest BCUT2D eigenvalue weighted by Gasteiger charge is -2.16. The van der Waals surface area contributed by atoms with Gasteiger partial charge in [0.1, 0.15) is 24.1 Å².